The van der Waals surface area contributed by atoms with Crippen LogP contribution in [0.1, 0.15) is 24.8 Å². The lowest BCUT2D eigenvalue weighted by Gasteiger charge is -2.26. The zero-order valence-electron chi connectivity index (χ0n) is 13.1. The van der Waals surface area contributed by atoms with Crippen LogP contribution in [-0.4, -0.2) is 43.6 Å². The van der Waals surface area contributed by atoms with Crippen LogP contribution in [0.4, 0.5) is 10.5 Å². The number of rotatable bonds is 5. The van der Waals surface area contributed by atoms with Crippen molar-refractivity contribution in [2.75, 3.05) is 32.1 Å². The molecule has 22 heavy (non-hydrogen) atoms. The number of urea groups is 1. The summed E-state index contributed by atoms with van der Waals surface area (Å²) < 4.78 is 5.13. The molecule has 0 radical (unpaired) electrons. The van der Waals surface area contributed by atoms with Gasteiger partial charge in [0.25, 0.3) is 0 Å². The molecular weight excluding hydrogens is 282 g/mol. The van der Waals surface area contributed by atoms with Crippen molar-refractivity contribution in [3.8, 4) is 5.75 Å². The number of nitrogens with one attached hydrogen (secondary N) is 2. The number of hydrogen-bond donors (Lipinski definition) is 2. The van der Waals surface area contributed by atoms with Gasteiger partial charge in [0.05, 0.1) is 7.11 Å². The van der Waals surface area contributed by atoms with Crippen LogP contribution in [0.2, 0.25) is 0 Å². The van der Waals surface area contributed by atoms with Crippen molar-refractivity contribution in [2.45, 2.75) is 26.2 Å². The van der Waals surface area contributed by atoms with Gasteiger partial charge >= 0.3 is 6.03 Å². The Hall–Kier alpha value is -2.24. The fourth-order valence-corrected chi connectivity index (χ4v) is 2.47. The smallest absolute Gasteiger partial charge is 0.319 e. The van der Waals surface area contributed by atoms with Gasteiger partial charge in [0, 0.05) is 31.7 Å². The van der Waals surface area contributed by atoms with Crippen LogP contribution in [-0.2, 0) is 4.79 Å². The Morgan fingerprint density at radius 2 is 2.18 bits per heavy atom. The first-order chi connectivity index (χ1) is 10.6. The van der Waals surface area contributed by atoms with Crippen molar-refractivity contribution in [1.29, 1.82) is 0 Å². The summed E-state index contributed by atoms with van der Waals surface area (Å²) in [4.78, 5) is 25.3. The van der Waals surface area contributed by atoms with Crippen molar-refractivity contribution in [3.63, 3.8) is 0 Å². The van der Waals surface area contributed by atoms with Gasteiger partial charge in [0.1, 0.15) is 5.75 Å². The average Bonchev–Trinajstić information content (AvgIpc) is 2.51. The monoisotopic (exact) mass is 305 g/mol. The average molecular weight is 305 g/mol. The van der Waals surface area contributed by atoms with Gasteiger partial charge in [-0.25, -0.2) is 4.79 Å². The van der Waals surface area contributed by atoms with Gasteiger partial charge in [-0.2, -0.15) is 0 Å². The lowest BCUT2D eigenvalue weighted by molar-refractivity contribution is -0.133. The molecule has 120 valence electrons. The van der Waals surface area contributed by atoms with Gasteiger partial charge in [-0.1, -0.05) is 0 Å². The maximum Gasteiger partial charge on any atom is 0.319 e. The number of piperidine rings is 1. The van der Waals surface area contributed by atoms with Crippen LogP contribution in [0.5, 0.6) is 5.75 Å². The molecule has 1 aromatic carbocycles. The molecule has 1 fully saturated rings. The number of nitrogens with zero attached hydrogens (tertiary/aromatic N) is 1. The molecule has 6 nitrogen and oxygen atoms in total. The van der Waals surface area contributed by atoms with E-state index in [0.717, 1.165) is 36.4 Å². The van der Waals surface area contributed by atoms with Crippen molar-refractivity contribution >= 4 is 17.6 Å². The molecular formula is C16H23N3O3. The Labute approximate surface area is 130 Å². The third-order valence-corrected chi connectivity index (χ3v) is 3.77. The van der Waals surface area contributed by atoms with Crippen LogP contribution in [0.15, 0.2) is 18.2 Å². The number of carbonyl (C=O) groups is 2. The first-order valence-corrected chi connectivity index (χ1v) is 7.57. The summed E-state index contributed by atoms with van der Waals surface area (Å²) in [6, 6.07) is 5.21. The molecule has 0 unspecified atom stereocenters. The van der Waals surface area contributed by atoms with E-state index < -0.39 is 0 Å². The zero-order chi connectivity index (χ0) is 15.9. The summed E-state index contributed by atoms with van der Waals surface area (Å²) in [5.74, 6) is 0.937. The molecule has 0 saturated carbocycles. The summed E-state index contributed by atoms with van der Waals surface area (Å²) in [5.41, 5.74) is 1.67. The minimum atomic E-state index is -0.266. The minimum Gasteiger partial charge on any atom is -0.497 e. The molecule has 1 saturated heterocycles. The molecule has 0 aromatic heterocycles. The van der Waals surface area contributed by atoms with E-state index in [-0.39, 0.29) is 11.9 Å². The molecule has 3 amide bonds. The second kappa shape index (κ2) is 7.68. The van der Waals surface area contributed by atoms with Crippen LogP contribution >= 0.6 is 0 Å². The Bertz CT molecular complexity index is 545. The molecule has 2 rings (SSSR count). The number of ether oxygens (including phenoxy) is 1. The lowest BCUT2D eigenvalue weighted by atomic mass is 10.1. The fraction of sp³-hybridized carbons (Fsp3) is 0.500. The maximum absolute atomic E-state index is 11.9. The van der Waals surface area contributed by atoms with Gasteiger partial charge in [-0.05, 0) is 43.5 Å². The van der Waals surface area contributed by atoms with E-state index in [1.165, 1.54) is 0 Å². The molecule has 0 spiro atoms. The van der Waals surface area contributed by atoms with Crippen LogP contribution < -0.4 is 15.4 Å². The molecule has 6 heteroatoms. The molecule has 1 heterocycles. The summed E-state index contributed by atoms with van der Waals surface area (Å²) in [6.45, 7) is 3.71. The molecule has 2 N–H and O–H groups in total. The second-order valence-electron chi connectivity index (χ2n) is 5.40. The SMILES string of the molecule is COc1ccc(NC(=O)NCCN2CCCCC2=O)c(C)c1. The summed E-state index contributed by atoms with van der Waals surface area (Å²) in [7, 11) is 1.61. The topological polar surface area (TPSA) is 70.7 Å². The van der Waals surface area contributed by atoms with E-state index in [4.69, 9.17) is 4.74 Å². The van der Waals surface area contributed by atoms with Gasteiger partial charge in [-0.3, -0.25) is 4.79 Å². The predicted molar refractivity (Wildman–Crippen MR) is 85.2 cm³/mol. The number of amides is 3. The summed E-state index contributed by atoms with van der Waals surface area (Å²) >= 11 is 0. The summed E-state index contributed by atoms with van der Waals surface area (Å²) in [5, 5.41) is 5.58. The minimum absolute atomic E-state index is 0.180. The van der Waals surface area contributed by atoms with Crippen molar-refractivity contribution in [2.24, 2.45) is 0 Å². The van der Waals surface area contributed by atoms with Gasteiger partial charge < -0.3 is 20.3 Å². The predicted octanol–water partition coefficient (Wildman–Crippen LogP) is 2.14. The highest BCUT2D eigenvalue weighted by molar-refractivity contribution is 5.90. The lowest BCUT2D eigenvalue weighted by Crippen LogP contribution is -2.41. The van der Waals surface area contributed by atoms with E-state index >= 15 is 0 Å². The van der Waals surface area contributed by atoms with Crippen LogP contribution in [0, 0.1) is 6.92 Å². The Morgan fingerprint density at radius 1 is 1.36 bits per heavy atom. The van der Waals surface area contributed by atoms with E-state index in [1.807, 2.05) is 24.0 Å². The van der Waals surface area contributed by atoms with E-state index in [2.05, 4.69) is 10.6 Å². The highest BCUT2D eigenvalue weighted by Gasteiger charge is 2.17. The number of likely N-dealkylation sites (tertiary alicyclic amines) is 1. The standard InChI is InChI=1S/C16H23N3O3/c1-12-11-13(22-2)6-7-14(12)18-16(21)17-8-10-19-9-4-3-5-15(19)20/h6-7,11H,3-5,8-10H2,1-2H3,(H2,17,18,21). The number of methoxy groups -OCH3 is 1. The molecule has 1 aromatic rings. The molecule has 1 aliphatic heterocycles. The fourth-order valence-electron chi connectivity index (χ4n) is 2.47. The molecule has 0 atom stereocenters. The Morgan fingerprint density at radius 3 is 2.86 bits per heavy atom. The van der Waals surface area contributed by atoms with E-state index in [9.17, 15) is 9.59 Å². The van der Waals surface area contributed by atoms with Crippen LogP contribution in [0.25, 0.3) is 0 Å². The normalized spacial score (nSPS) is 14.6. The third kappa shape index (κ3) is 4.38. The highest BCUT2D eigenvalue weighted by Crippen LogP contribution is 2.20. The van der Waals surface area contributed by atoms with Crippen molar-refractivity contribution in [3.05, 3.63) is 23.8 Å². The Kier molecular flexibility index (Phi) is 5.63. The zero-order valence-corrected chi connectivity index (χ0v) is 13.1. The third-order valence-electron chi connectivity index (χ3n) is 3.77. The molecule has 0 aliphatic carbocycles. The number of anilines is 1. The van der Waals surface area contributed by atoms with Crippen molar-refractivity contribution < 1.29 is 14.3 Å². The first-order valence-electron chi connectivity index (χ1n) is 7.57. The first kappa shape index (κ1) is 16.1. The van der Waals surface area contributed by atoms with Crippen LogP contribution in [0.3, 0.4) is 0 Å². The van der Waals surface area contributed by atoms with E-state index in [1.54, 1.807) is 13.2 Å². The number of benzene rings is 1. The van der Waals surface area contributed by atoms with Gasteiger partial charge in [0.15, 0.2) is 0 Å². The second-order valence-corrected chi connectivity index (χ2v) is 5.40. The molecule has 0 bridgehead atoms. The summed E-state index contributed by atoms with van der Waals surface area (Å²) in [6.07, 6.45) is 2.64. The molecule has 1 aliphatic rings. The Balaban J connectivity index is 1.77. The largest absolute Gasteiger partial charge is 0.497 e. The number of carbonyl (C=O) groups excluding carboxylic acids is 2. The quantitative estimate of drug-likeness (QED) is 0.875. The van der Waals surface area contributed by atoms with E-state index in [0.29, 0.717) is 19.5 Å². The number of hydrogen-bond acceptors (Lipinski definition) is 3. The van der Waals surface area contributed by atoms with Crippen molar-refractivity contribution in [1.82, 2.24) is 10.2 Å². The van der Waals surface area contributed by atoms with Gasteiger partial charge in [-0.15, -0.1) is 0 Å². The number of aryl methyl sites for hydroxylation is 1. The van der Waals surface area contributed by atoms with Gasteiger partial charge in [0.2, 0.25) is 5.91 Å². The maximum atomic E-state index is 11.9. The highest BCUT2D eigenvalue weighted by atomic mass is 16.5.